The molecule has 1 aromatic carbocycles. The standard InChI is InChI=1S/C11H16N/c1-12-10-6-5-9-11-7-3-2-4-8-11/h2-4,7-8H,5-6,9-10H2,1H3. The third-order valence-electron chi connectivity index (χ3n) is 1.94. The lowest BCUT2D eigenvalue weighted by Gasteiger charge is -1.99. The molecule has 1 rings (SSSR count). The van der Waals surface area contributed by atoms with Crippen LogP contribution in [-0.4, -0.2) is 13.6 Å². The molecule has 1 aromatic rings. The molecule has 0 unspecified atom stereocenters. The van der Waals surface area contributed by atoms with Crippen molar-refractivity contribution in [1.29, 1.82) is 0 Å². The molecular formula is C11H16N. The summed E-state index contributed by atoms with van der Waals surface area (Å²) < 4.78 is 0. The Bertz CT molecular complexity index is 193. The first-order valence-electron chi connectivity index (χ1n) is 4.53. The van der Waals surface area contributed by atoms with Crippen molar-refractivity contribution in [3.05, 3.63) is 35.9 Å². The predicted octanol–water partition coefficient (Wildman–Crippen LogP) is 2.24. The number of unbranched alkanes of at least 4 members (excludes halogenated alkanes) is 1. The van der Waals surface area contributed by atoms with Gasteiger partial charge in [0.25, 0.3) is 0 Å². The van der Waals surface area contributed by atoms with Crippen LogP contribution in [0.25, 0.3) is 0 Å². The van der Waals surface area contributed by atoms with Crippen LogP contribution >= 0.6 is 0 Å². The first-order valence-corrected chi connectivity index (χ1v) is 4.53. The van der Waals surface area contributed by atoms with Crippen molar-refractivity contribution in [2.24, 2.45) is 0 Å². The van der Waals surface area contributed by atoms with E-state index in [1.54, 1.807) is 0 Å². The molecule has 1 heteroatoms. The fourth-order valence-electron chi connectivity index (χ4n) is 1.24. The molecule has 65 valence electrons. The molecule has 0 spiro atoms. The van der Waals surface area contributed by atoms with E-state index < -0.39 is 0 Å². The molecule has 0 aliphatic rings. The highest BCUT2D eigenvalue weighted by Gasteiger charge is 1.90. The molecular weight excluding hydrogens is 146 g/mol. The molecule has 12 heavy (non-hydrogen) atoms. The van der Waals surface area contributed by atoms with Crippen molar-refractivity contribution in [2.45, 2.75) is 19.3 Å². The van der Waals surface area contributed by atoms with E-state index >= 15 is 0 Å². The molecule has 0 N–H and O–H groups in total. The fraction of sp³-hybridized carbons (Fsp3) is 0.455. The van der Waals surface area contributed by atoms with E-state index in [-0.39, 0.29) is 0 Å². The molecule has 1 radical (unpaired) electrons. The first kappa shape index (κ1) is 9.27. The Morgan fingerprint density at radius 3 is 2.50 bits per heavy atom. The van der Waals surface area contributed by atoms with Crippen molar-refractivity contribution < 1.29 is 0 Å². The highest BCUT2D eigenvalue weighted by atomic mass is 14.8. The maximum absolute atomic E-state index is 4.07. The fourth-order valence-corrected chi connectivity index (χ4v) is 1.24. The Hall–Kier alpha value is -0.820. The number of hydrogen-bond donors (Lipinski definition) is 0. The maximum Gasteiger partial charge on any atom is 0.0130 e. The Morgan fingerprint density at radius 1 is 1.08 bits per heavy atom. The van der Waals surface area contributed by atoms with E-state index in [9.17, 15) is 0 Å². The van der Waals surface area contributed by atoms with E-state index in [0.29, 0.717) is 0 Å². The molecule has 0 atom stereocenters. The number of benzene rings is 1. The number of aryl methyl sites for hydroxylation is 1. The molecule has 0 saturated carbocycles. The zero-order valence-corrected chi connectivity index (χ0v) is 7.66. The van der Waals surface area contributed by atoms with Gasteiger partial charge in [0.1, 0.15) is 0 Å². The minimum Gasteiger partial charge on any atom is -0.245 e. The van der Waals surface area contributed by atoms with Gasteiger partial charge in [0.2, 0.25) is 0 Å². The number of nitrogens with zero attached hydrogens (tertiary/aromatic N) is 1. The van der Waals surface area contributed by atoms with Gasteiger partial charge in [-0.15, -0.1) is 0 Å². The van der Waals surface area contributed by atoms with Gasteiger partial charge in [0.15, 0.2) is 0 Å². The second-order valence-electron chi connectivity index (χ2n) is 2.98. The second kappa shape index (κ2) is 5.78. The maximum atomic E-state index is 4.07. The van der Waals surface area contributed by atoms with E-state index in [0.717, 1.165) is 6.54 Å². The van der Waals surface area contributed by atoms with E-state index in [1.165, 1.54) is 24.8 Å². The zero-order valence-electron chi connectivity index (χ0n) is 7.66. The van der Waals surface area contributed by atoms with Crippen LogP contribution in [0.1, 0.15) is 18.4 Å². The Labute approximate surface area is 74.8 Å². The summed E-state index contributed by atoms with van der Waals surface area (Å²) in [6.07, 6.45) is 3.66. The lowest BCUT2D eigenvalue weighted by Crippen LogP contribution is -1.99. The largest absolute Gasteiger partial charge is 0.245 e. The average Bonchev–Trinajstić information content (AvgIpc) is 2.14. The third kappa shape index (κ3) is 3.54. The molecule has 0 aromatic heterocycles. The Kier molecular flexibility index (Phi) is 4.47. The number of hydrogen-bond acceptors (Lipinski definition) is 0. The summed E-state index contributed by atoms with van der Waals surface area (Å²) in [4.78, 5) is 0. The average molecular weight is 162 g/mol. The van der Waals surface area contributed by atoms with Crippen LogP contribution in [0.5, 0.6) is 0 Å². The first-order chi connectivity index (χ1) is 5.93. The van der Waals surface area contributed by atoms with E-state index in [1.807, 2.05) is 7.05 Å². The lowest BCUT2D eigenvalue weighted by atomic mass is 10.1. The van der Waals surface area contributed by atoms with Crippen LogP contribution in [0.2, 0.25) is 0 Å². The normalized spacial score (nSPS) is 10.1. The Morgan fingerprint density at radius 2 is 1.83 bits per heavy atom. The van der Waals surface area contributed by atoms with Gasteiger partial charge in [0, 0.05) is 13.6 Å². The molecule has 0 amide bonds. The summed E-state index contributed by atoms with van der Waals surface area (Å²) in [6.45, 7) is 1.01. The number of rotatable bonds is 5. The molecule has 0 heterocycles. The molecule has 0 saturated heterocycles. The monoisotopic (exact) mass is 162 g/mol. The summed E-state index contributed by atoms with van der Waals surface area (Å²) in [5.41, 5.74) is 1.44. The molecule has 0 aliphatic carbocycles. The van der Waals surface area contributed by atoms with Crippen molar-refractivity contribution in [2.75, 3.05) is 13.6 Å². The van der Waals surface area contributed by atoms with E-state index in [4.69, 9.17) is 0 Å². The topological polar surface area (TPSA) is 14.1 Å². The summed E-state index contributed by atoms with van der Waals surface area (Å²) in [5.74, 6) is 0. The van der Waals surface area contributed by atoms with Crippen molar-refractivity contribution in [1.82, 2.24) is 5.32 Å². The third-order valence-corrected chi connectivity index (χ3v) is 1.94. The summed E-state index contributed by atoms with van der Waals surface area (Å²) in [6, 6.07) is 10.6. The summed E-state index contributed by atoms with van der Waals surface area (Å²) in [5, 5.41) is 4.07. The summed E-state index contributed by atoms with van der Waals surface area (Å²) >= 11 is 0. The summed E-state index contributed by atoms with van der Waals surface area (Å²) in [7, 11) is 1.88. The quantitative estimate of drug-likeness (QED) is 0.590. The minimum absolute atomic E-state index is 1.01. The second-order valence-corrected chi connectivity index (χ2v) is 2.98. The van der Waals surface area contributed by atoms with E-state index in [2.05, 4.69) is 35.6 Å². The van der Waals surface area contributed by atoms with Crippen LogP contribution in [0.15, 0.2) is 30.3 Å². The molecule has 0 aliphatic heterocycles. The molecule has 1 nitrogen and oxygen atoms in total. The van der Waals surface area contributed by atoms with Crippen LogP contribution in [-0.2, 0) is 6.42 Å². The smallest absolute Gasteiger partial charge is 0.0130 e. The van der Waals surface area contributed by atoms with Crippen LogP contribution in [0.4, 0.5) is 0 Å². The zero-order chi connectivity index (χ0) is 8.65. The predicted molar refractivity (Wildman–Crippen MR) is 52.3 cm³/mol. The molecule has 0 fully saturated rings. The Balaban J connectivity index is 2.16. The van der Waals surface area contributed by atoms with Gasteiger partial charge in [-0.05, 0) is 24.8 Å². The van der Waals surface area contributed by atoms with Gasteiger partial charge in [0.05, 0.1) is 0 Å². The lowest BCUT2D eigenvalue weighted by molar-refractivity contribution is 0.669. The van der Waals surface area contributed by atoms with Gasteiger partial charge in [-0.1, -0.05) is 30.3 Å². The van der Waals surface area contributed by atoms with Crippen molar-refractivity contribution in [3.63, 3.8) is 0 Å². The minimum atomic E-state index is 1.01. The highest BCUT2D eigenvalue weighted by molar-refractivity contribution is 5.14. The van der Waals surface area contributed by atoms with Gasteiger partial charge < -0.3 is 0 Å². The highest BCUT2D eigenvalue weighted by Crippen LogP contribution is 2.03. The van der Waals surface area contributed by atoms with Crippen molar-refractivity contribution >= 4 is 0 Å². The van der Waals surface area contributed by atoms with Gasteiger partial charge in [-0.3, -0.25) is 0 Å². The van der Waals surface area contributed by atoms with Crippen LogP contribution in [0.3, 0.4) is 0 Å². The van der Waals surface area contributed by atoms with Gasteiger partial charge in [-0.25, -0.2) is 5.32 Å². The van der Waals surface area contributed by atoms with Crippen LogP contribution < -0.4 is 5.32 Å². The SMILES string of the molecule is C[N]CCCCc1ccccc1. The van der Waals surface area contributed by atoms with Crippen molar-refractivity contribution in [3.8, 4) is 0 Å². The van der Waals surface area contributed by atoms with Gasteiger partial charge in [-0.2, -0.15) is 0 Å². The van der Waals surface area contributed by atoms with Gasteiger partial charge >= 0.3 is 0 Å². The molecule has 0 bridgehead atoms. The van der Waals surface area contributed by atoms with Crippen LogP contribution in [0, 0.1) is 0 Å².